The Bertz CT molecular complexity index is 1310. The van der Waals surface area contributed by atoms with Crippen LogP contribution >= 0.6 is 22.9 Å². The molecule has 1 saturated carbocycles. The highest BCUT2D eigenvalue weighted by Crippen LogP contribution is 2.42. The Morgan fingerprint density at radius 2 is 1.88 bits per heavy atom. The average Bonchev–Trinajstić information content (AvgIpc) is 3.20. The predicted molar refractivity (Wildman–Crippen MR) is 124 cm³/mol. The number of benzene rings is 2. The number of carbonyl (C=O) groups is 1. The average molecular weight is 463 g/mol. The van der Waals surface area contributed by atoms with Gasteiger partial charge in [0.15, 0.2) is 0 Å². The number of thiazole rings is 1. The SMILES string of the molecule is O=C1C[C@@H](c2nc(-c3cccc(-c4csc(C5CC5)n4)c3)no2)CN1c1cccc(Cl)c1. The van der Waals surface area contributed by atoms with Gasteiger partial charge in [0.25, 0.3) is 0 Å². The lowest BCUT2D eigenvalue weighted by molar-refractivity contribution is -0.117. The predicted octanol–water partition coefficient (Wildman–Crippen LogP) is 5.91. The van der Waals surface area contributed by atoms with Crippen LogP contribution in [0.5, 0.6) is 0 Å². The topological polar surface area (TPSA) is 72.1 Å². The number of hydrogen-bond acceptors (Lipinski definition) is 6. The normalized spacial score (nSPS) is 18.5. The molecule has 1 amide bonds. The molecule has 1 aliphatic carbocycles. The summed E-state index contributed by atoms with van der Waals surface area (Å²) in [6.45, 7) is 0.490. The molecule has 8 heteroatoms. The first kappa shape index (κ1) is 19.6. The molecule has 160 valence electrons. The molecule has 1 saturated heterocycles. The fraction of sp³-hybridized carbons (Fsp3) is 0.250. The fourth-order valence-electron chi connectivity index (χ4n) is 4.04. The Hall–Kier alpha value is -3.03. The second-order valence-electron chi connectivity index (χ2n) is 8.27. The van der Waals surface area contributed by atoms with Crippen molar-refractivity contribution in [2.75, 3.05) is 11.4 Å². The van der Waals surface area contributed by atoms with Crippen LogP contribution in [0.2, 0.25) is 5.02 Å². The Morgan fingerprint density at radius 3 is 2.72 bits per heavy atom. The molecule has 2 aromatic heterocycles. The Labute approximate surface area is 193 Å². The van der Waals surface area contributed by atoms with E-state index < -0.39 is 0 Å². The van der Waals surface area contributed by atoms with Crippen molar-refractivity contribution >= 4 is 34.5 Å². The molecular formula is C24H19ClN4O2S. The maximum atomic E-state index is 12.6. The molecule has 3 heterocycles. The van der Waals surface area contributed by atoms with Crippen molar-refractivity contribution in [3.05, 3.63) is 69.8 Å². The first-order valence-electron chi connectivity index (χ1n) is 10.6. The van der Waals surface area contributed by atoms with Crippen molar-refractivity contribution in [3.8, 4) is 22.6 Å². The minimum Gasteiger partial charge on any atom is -0.339 e. The Morgan fingerprint density at radius 1 is 1.03 bits per heavy atom. The molecule has 2 aliphatic rings. The van der Waals surface area contributed by atoms with Crippen LogP contribution in [0.4, 0.5) is 5.69 Å². The maximum absolute atomic E-state index is 12.6. The van der Waals surface area contributed by atoms with Gasteiger partial charge in [0.1, 0.15) is 0 Å². The first-order chi connectivity index (χ1) is 15.6. The fourth-order valence-corrected chi connectivity index (χ4v) is 5.23. The summed E-state index contributed by atoms with van der Waals surface area (Å²) in [4.78, 5) is 23.7. The van der Waals surface area contributed by atoms with Gasteiger partial charge in [-0.2, -0.15) is 4.98 Å². The van der Waals surface area contributed by atoms with Gasteiger partial charge >= 0.3 is 0 Å². The molecule has 0 bridgehead atoms. The van der Waals surface area contributed by atoms with Crippen LogP contribution in [0.25, 0.3) is 22.6 Å². The number of amides is 1. The molecule has 0 N–H and O–H groups in total. The molecule has 6 rings (SSSR count). The molecule has 4 aromatic rings. The van der Waals surface area contributed by atoms with Crippen LogP contribution in [0.3, 0.4) is 0 Å². The molecule has 1 aliphatic heterocycles. The van der Waals surface area contributed by atoms with E-state index in [0.29, 0.717) is 35.6 Å². The number of halogens is 1. The van der Waals surface area contributed by atoms with E-state index in [0.717, 1.165) is 22.5 Å². The van der Waals surface area contributed by atoms with Gasteiger partial charge in [-0.15, -0.1) is 11.3 Å². The number of hydrogen-bond donors (Lipinski definition) is 0. The zero-order valence-corrected chi connectivity index (χ0v) is 18.6. The molecule has 0 radical (unpaired) electrons. The summed E-state index contributed by atoms with van der Waals surface area (Å²) in [5.41, 5.74) is 3.68. The van der Waals surface area contributed by atoms with E-state index in [-0.39, 0.29) is 11.8 Å². The van der Waals surface area contributed by atoms with E-state index in [1.54, 1.807) is 28.4 Å². The third kappa shape index (κ3) is 3.72. The van der Waals surface area contributed by atoms with Crippen LogP contribution in [0, 0.1) is 0 Å². The van der Waals surface area contributed by atoms with Crippen LogP contribution < -0.4 is 4.90 Å². The highest BCUT2D eigenvalue weighted by Gasteiger charge is 2.35. The standard InChI is InChI=1S/C24H19ClN4O2S/c25-18-5-2-6-19(11-18)29-12-17(10-21(29)30)23-27-22(28-31-23)16-4-1-3-15(9-16)20-13-32-24(26-20)14-7-8-14/h1-6,9,11,13-14,17H,7-8,10,12H2/t17-/m1/s1. The molecule has 1 atom stereocenters. The monoisotopic (exact) mass is 462 g/mol. The number of rotatable bonds is 5. The van der Waals surface area contributed by atoms with E-state index in [4.69, 9.17) is 21.1 Å². The van der Waals surface area contributed by atoms with Crippen LogP contribution in [0.15, 0.2) is 58.4 Å². The maximum Gasteiger partial charge on any atom is 0.232 e. The van der Waals surface area contributed by atoms with Gasteiger partial charge < -0.3 is 9.42 Å². The van der Waals surface area contributed by atoms with Crippen LogP contribution in [0.1, 0.15) is 42.0 Å². The van der Waals surface area contributed by atoms with Crippen molar-refractivity contribution in [3.63, 3.8) is 0 Å². The molecular weight excluding hydrogens is 444 g/mol. The van der Waals surface area contributed by atoms with Crippen LogP contribution in [-0.4, -0.2) is 27.6 Å². The molecule has 0 spiro atoms. The second-order valence-corrected chi connectivity index (χ2v) is 9.59. The first-order valence-corrected chi connectivity index (χ1v) is 11.9. The third-order valence-corrected chi connectivity index (χ3v) is 7.14. The van der Waals surface area contributed by atoms with E-state index in [9.17, 15) is 4.79 Å². The van der Waals surface area contributed by atoms with Crippen molar-refractivity contribution < 1.29 is 9.32 Å². The van der Waals surface area contributed by atoms with E-state index >= 15 is 0 Å². The van der Waals surface area contributed by atoms with Crippen molar-refractivity contribution in [1.82, 2.24) is 15.1 Å². The summed E-state index contributed by atoms with van der Waals surface area (Å²) < 4.78 is 5.57. The number of carbonyl (C=O) groups excluding carboxylic acids is 1. The molecule has 0 unspecified atom stereocenters. The Kier molecular flexibility index (Phi) is 4.81. The lowest BCUT2D eigenvalue weighted by Gasteiger charge is -2.16. The highest BCUT2D eigenvalue weighted by atomic mass is 35.5. The minimum absolute atomic E-state index is 0.0222. The summed E-state index contributed by atoms with van der Waals surface area (Å²) in [7, 11) is 0. The zero-order chi connectivity index (χ0) is 21.7. The molecule has 32 heavy (non-hydrogen) atoms. The van der Waals surface area contributed by atoms with E-state index in [1.807, 2.05) is 30.3 Å². The summed E-state index contributed by atoms with van der Waals surface area (Å²) in [6.07, 6.45) is 2.82. The quantitative estimate of drug-likeness (QED) is 0.368. The highest BCUT2D eigenvalue weighted by molar-refractivity contribution is 7.10. The smallest absolute Gasteiger partial charge is 0.232 e. The molecule has 6 nitrogen and oxygen atoms in total. The van der Waals surface area contributed by atoms with E-state index in [1.165, 1.54) is 17.8 Å². The summed E-state index contributed by atoms with van der Waals surface area (Å²) in [6, 6.07) is 15.3. The van der Waals surface area contributed by atoms with Crippen LogP contribution in [-0.2, 0) is 4.79 Å². The minimum atomic E-state index is -0.148. The van der Waals surface area contributed by atoms with Crippen molar-refractivity contribution in [2.45, 2.75) is 31.1 Å². The van der Waals surface area contributed by atoms with Gasteiger partial charge in [0, 0.05) is 46.1 Å². The zero-order valence-electron chi connectivity index (χ0n) is 17.1. The number of aromatic nitrogens is 3. The largest absolute Gasteiger partial charge is 0.339 e. The third-order valence-electron chi connectivity index (χ3n) is 5.90. The number of nitrogens with zero attached hydrogens (tertiary/aromatic N) is 4. The lowest BCUT2D eigenvalue weighted by atomic mass is 10.1. The lowest BCUT2D eigenvalue weighted by Crippen LogP contribution is -2.24. The second kappa shape index (κ2) is 7.83. The number of anilines is 1. The van der Waals surface area contributed by atoms with Gasteiger partial charge in [-0.05, 0) is 37.1 Å². The van der Waals surface area contributed by atoms with Gasteiger partial charge in [-0.1, -0.05) is 41.0 Å². The van der Waals surface area contributed by atoms with E-state index in [2.05, 4.69) is 21.6 Å². The van der Waals surface area contributed by atoms with Gasteiger partial charge in [0.05, 0.1) is 16.6 Å². The van der Waals surface area contributed by atoms with Crippen molar-refractivity contribution in [2.24, 2.45) is 0 Å². The van der Waals surface area contributed by atoms with Gasteiger partial charge in [-0.25, -0.2) is 4.98 Å². The van der Waals surface area contributed by atoms with Crippen molar-refractivity contribution in [1.29, 1.82) is 0 Å². The Balaban J connectivity index is 1.23. The summed E-state index contributed by atoms with van der Waals surface area (Å²) in [5.74, 6) is 1.53. The molecule has 2 fully saturated rings. The molecule has 2 aromatic carbocycles. The summed E-state index contributed by atoms with van der Waals surface area (Å²) >= 11 is 7.82. The summed E-state index contributed by atoms with van der Waals surface area (Å²) in [5, 5.41) is 8.13. The van der Waals surface area contributed by atoms with Gasteiger partial charge in [-0.3, -0.25) is 4.79 Å². The van der Waals surface area contributed by atoms with Gasteiger partial charge in [0.2, 0.25) is 17.6 Å².